The lowest BCUT2D eigenvalue weighted by molar-refractivity contribution is -0.344. The first-order chi connectivity index (χ1) is 19.7. The first kappa shape index (κ1) is 40.4. The summed E-state index contributed by atoms with van der Waals surface area (Å²) >= 11 is 0. The van der Waals surface area contributed by atoms with Gasteiger partial charge in [-0.25, -0.2) is 8.78 Å². The van der Waals surface area contributed by atoms with Crippen LogP contribution in [0.1, 0.15) is 136 Å². The third-order valence-electron chi connectivity index (χ3n) is 7.76. The van der Waals surface area contributed by atoms with E-state index in [9.17, 15) is 44.7 Å². The van der Waals surface area contributed by atoms with Crippen molar-refractivity contribution in [2.45, 2.75) is 161 Å². The Morgan fingerprint density at radius 2 is 0.929 bits per heavy atom. The van der Waals surface area contributed by atoms with E-state index in [1.54, 1.807) is 0 Å². The minimum Gasteiger partial charge on any atom is -0.465 e. The normalized spacial score (nSPS) is 13.0. The van der Waals surface area contributed by atoms with Crippen molar-refractivity contribution in [2.24, 2.45) is 5.41 Å². The van der Waals surface area contributed by atoms with Crippen LogP contribution in [0.2, 0.25) is 0 Å². The summed E-state index contributed by atoms with van der Waals surface area (Å²) in [4.78, 5) is 25.1. The van der Waals surface area contributed by atoms with Crippen LogP contribution in [0.5, 0.6) is 0 Å². The number of unbranched alkanes of at least 4 members (excludes halogenated alkanes) is 15. The SMILES string of the molecule is CCCCCCCCCCCCCCCCCCOC(=O)C(CC)(CC)C(=O)OCC(F)(F)C(F)(F)C(F)(F)C(F)F. The average molecular weight is 627 g/mol. The van der Waals surface area contributed by atoms with Gasteiger partial charge in [0.15, 0.2) is 12.0 Å². The lowest BCUT2D eigenvalue weighted by atomic mass is 9.82. The molecule has 4 nitrogen and oxygen atoms in total. The van der Waals surface area contributed by atoms with Crippen LogP contribution in [0, 0.1) is 5.41 Å². The van der Waals surface area contributed by atoms with Crippen LogP contribution in [0.3, 0.4) is 0 Å². The zero-order chi connectivity index (χ0) is 32.3. The maximum absolute atomic E-state index is 13.8. The van der Waals surface area contributed by atoms with Crippen molar-refractivity contribution < 1.29 is 54.2 Å². The van der Waals surface area contributed by atoms with E-state index in [1.165, 1.54) is 78.1 Å². The molecule has 0 unspecified atom stereocenters. The van der Waals surface area contributed by atoms with E-state index in [1.807, 2.05) is 0 Å². The Kier molecular flexibility index (Phi) is 19.6. The van der Waals surface area contributed by atoms with Crippen LogP contribution in [-0.2, 0) is 19.1 Å². The minimum atomic E-state index is -6.51. The molecule has 0 aromatic rings. The van der Waals surface area contributed by atoms with Crippen LogP contribution in [0.25, 0.3) is 0 Å². The number of halogens is 8. The molecule has 0 amide bonds. The average Bonchev–Trinajstić information content (AvgIpc) is 2.94. The number of esters is 2. The van der Waals surface area contributed by atoms with Gasteiger partial charge in [-0.05, 0) is 19.3 Å². The molecular formula is C30H50F8O4. The third kappa shape index (κ3) is 12.5. The zero-order valence-electron chi connectivity index (χ0n) is 25.4. The molecule has 250 valence electrons. The van der Waals surface area contributed by atoms with Crippen LogP contribution in [0.4, 0.5) is 35.1 Å². The summed E-state index contributed by atoms with van der Waals surface area (Å²) in [5, 5.41) is 0. The fourth-order valence-corrected chi connectivity index (χ4v) is 4.63. The van der Waals surface area contributed by atoms with Gasteiger partial charge < -0.3 is 9.47 Å². The summed E-state index contributed by atoms with van der Waals surface area (Å²) in [6.45, 7) is 2.19. The number of carbonyl (C=O) groups is 2. The number of ether oxygens (including phenoxy) is 2. The Morgan fingerprint density at radius 3 is 1.29 bits per heavy atom. The van der Waals surface area contributed by atoms with Gasteiger partial charge in [0.2, 0.25) is 0 Å². The fourth-order valence-electron chi connectivity index (χ4n) is 4.63. The molecule has 0 N–H and O–H groups in total. The summed E-state index contributed by atoms with van der Waals surface area (Å²) in [6, 6.07) is 0. The van der Waals surface area contributed by atoms with Gasteiger partial charge in [-0.3, -0.25) is 9.59 Å². The highest BCUT2D eigenvalue weighted by molar-refractivity contribution is 6.00. The molecule has 0 aliphatic carbocycles. The monoisotopic (exact) mass is 626 g/mol. The van der Waals surface area contributed by atoms with E-state index >= 15 is 0 Å². The van der Waals surface area contributed by atoms with E-state index < -0.39 is 48.2 Å². The molecule has 0 bridgehead atoms. The largest absolute Gasteiger partial charge is 0.465 e. The van der Waals surface area contributed by atoms with E-state index in [-0.39, 0.29) is 19.4 Å². The van der Waals surface area contributed by atoms with Crippen LogP contribution >= 0.6 is 0 Å². The maximum Gasteiger partial charge on any atom is 0.381 e. The molecule has 0 aromatic carbocycles. The van der Waals surface area contributed by atoms with E-state index in [4.69, 9.17) is 4.74 Å². The standard InChI is InChI=1S/C30H50F8O4/c1-4-7-8-9-10-11-12-13-14-15-16-17-18-19-20-21-22-41-25(39)27(5-2,6-3)26(40)42-23-28(33,34)30(37,38)29(35,36)24(31)32/h24H,4-23H2,1-3H3. The number of hydrogen-bond acceptors (Lipinski definition) is 4. The summed E-state index contributed by atoms with van der Waals surface area (Å²) < 4.78 is 114. The van der Waals surface area contributed by atoms with Crippen molar-refractivity contribution in [1.29, 1.82) is 0 Å². The van der Waals surface area contributed by atoms with Crippen LogP contribution in [0.15, 0.2) is 0 Å². The maximum atomic E-state index is 13.8. The number of carbonyl (C=O) groups excluding carboxylic acids is 2. The van der Waals surface area contributed by atoms with Gasteiger partial charge in [-0.1, -0.05) is 117 Å². The van der Waals surface area contributed by atoms with Crippen LogP contribution < -0.4 is 0 Å². The molecular weight excluding hydrogens is 576 g/mol. The second-order valence-corrected chi connectivity index (χ2v) is 11.0. The lowest BCUT2D eigenvalue weighted by Crippen LogP contribution is -2.59. The van der Waals surface area contributed by atoms with Gasteiger partial charge in [-0.2, -0.15) is 26.3 Å². The van der Waals surface area contributed by atoms with E-state index in [0.717, 1.165) is 32.1 Å². The van der Waals surface area contributed by atoms with Crippen molar-refractivity contribution in [3.8, 4) is 0 Å². The Bertz CT molecular complexity index is 743. The number of hydrogen-bond donors (Lipinski definition) is 0. The summed E-state index contributed by atoms with van der Waals surface area (Å²) in [5.74, 6) is -21.5. The van der Waals surface area contributed by atoms with Crippen molar-refractivity contribution in [3.05, 3.63) is 0 Å². The molecule has 42 heavy (non-hydrogen) atoms. The highest BCUT2D eigenvalue weighted by Crippen LogP contribution is 2.48. The van der Waals surface area contributed by atoms with Gasteiger partial charge in [-0.15, -0.1) is 0 Å². The highest BCUT2D eigenvalue weighted by atomic mass is 19.4. The molecule has 0 fully saturated rings. The third-order valence-corrected chi connectivity index (χ3v) is 7.76. The van der Waals surface area contributed by atoms with Crippen LogP contribution in [-0.4, -0.2) is 49.3 Å². The second-order valence-electron chi connectivity index (χ2n) is 11.0. The number of alkyl halides is 8. The van der Waals surface area contributed by atoms with Gasteiger partial charge >= 0.3 is 36.1 Å². The van der Waals surface area contributed by atoms with Crippen molar-refractivity contribution >= 4 is 11.9 Å². The van der Waals surface area contributed by atoms with Gasteiger partial charge in [0.05, 0.1) is 6.61 Å². The number of rotatable bonds is 26. The first-order valence-corrected chi connectivity index (χ1v) is 15.4. The first-order valence-electron chi connectivity index (χ1n) is 15.4. The Morgan fingerprint density at radius 1 is 0.571 bits per heavy atom. The molecule has 0 saturated heterocycles. The van der Waals surface area contributed by atoms with E-state index in [2.05, 4.69) is 11.7 Å². The van der Waals surface area contributed by atoms with Crippen molar-refractivity contribution in [2.75, 3.05) is 13.2 Å². The van der Waals surface area contributed by atoms with Crippen molar-refractivity contribution in [3.63, 3.8) is 0 Å². The molecule has 0 aliphatic heterocycles. The summed E-state index contributed by atoms with van der Waals surface area (Å²) in [6.07, 6.45) is 12.6. The predicted molar refractivity (Wildman–Crippen MR) is 145 cm³/mol. The fraction of sp³-hybridized carbons (Fsp3) is 0.933. The molecule has 0 saturated carbocycles. The summed E-state index contributed by atoms with van der Waals surface area (Å²) in [7, 11) is 0. The zero-order valence-corrected chi connectivity index (χ0v) is 25.4. The smallest absolute Gasteiger partial charge is 0.381 e. The Balaban J connectivity index is 4.36. The second kappa shape index (κ2) is 20.4. The minimum absolute atomic E-state index is 0.0683. The van der Waals surface area contributed by atoms with Gasteiger partial charge in [0.1, 0.15) is 0 Å². The molecule has 0 rings (SSSR count). The van der Waals surface area contributed by atoms with E-state index in [0.29, 0.717) is 6.42 Å². The molecule has 0 aliphatic rings. The summed E-state index contributed by atoms with van der Waals surface area (Å²) in [5.41, 5.74) is -2.13. The van der Waals surface area contributed by atoms with Gasteiger partial charge in [0, 0.05) is 0 Å². The van der Waals surface area contributed by atoms with Gasteiger partial charge in [0.25, 0.3) is 0 Å². The topological polar surface area (TPSA) is 52.6 Å². The Labute approximate surface area is 245 Å². The highest BCUT2D eigenvalue weighted by Gasteiger charge is 2.75. The molecule has 0 radical (unpaired) electrons. The quantitative estimate of drug-likeness (QED) is 0.0415. The molecule has 0 aromatic heterocycles. The molecule has 12 heteroatoms. The lowest BCUT2D eigenvalue weighted by Gasteiger charge is -2.33. The molecule has 0 heterocycles. The predicted octanol–water partition coefficient (Wildman–Crippen LogP) is 10.3. The molecule has 0 spiro atoms. The molecule has 0 atom stereocenters. The Hall–Kier alpha value is -1.62. The van der Waals surface area contributed by atoms with Crippen molar-refractivity contribution in [1.82, 2.24) is 0 Å².